The number of rotatable bonds is 2. The third kappa shape index (κ3) is 2.60. The van der Waals surface area contributed by atoms with Crippen LogP contribution in [0.4, 0.5) is 5.00 Å². The van der Waals surface area contributed by atoms with Gasteiger partial charge < -0.3 is 15.8 Å². The number of primary amides is 1. The largest absolute Gasteiger partial charge is 0.465 e. The van der Waals surface area contributed by atoms with Gasteiger partial charge in [0, 0.05) is 4.88 Å². The highest BCUT2D eigenvalue weighted by atomic mass is 32.1. The van der Waals surface area contributed by atoms with Crippen molar-refractivity contribution in [2.75, 3.05) is 12.4 Å². The molecule has 3 N–H and O–H groups in total. The lowest BCUT2D eigenvalue weighted by Crippen LogP contribution is -2.29. The molecule has 0 bridgehead atoms. The SMILES string of the molecule is COC(=O)c1c(NC(=O)C(N)=O)sc2c1CCCC2. The molecule has 0 radical (unpaired) electrons. The fourth-order valence-corrected chi connectivity index (χ4v) is 3.41. The van der Waals surface area contributed by atoms with Gasteiger partial charge in [-0.05, 0) is 31.2 Å². The molecule has 0 atom stereocenters. The normalized spacial score (nSPS) is 13.5. The van der Waals surface area contributed by atoms with Crippen LogP contribution >= 0.6 is 11.3 Å². The molecule has 2 rings (SSSR count). The molecule has 0 spiro atoms. The average Bonchev–Trinajstić information content (AvgIpc) is 2.75. The van der Waals surface area contributed by atoms with Gasteiger partial charge in [0.2, 0.25) is 0 Å². The van der Waals surface area contributed by atoms with E-state index in [1.54, 1.807) is 0 Å². The van der Waals surface area contributed by atoms with Crippen LogP contribution in [0.1, 0.15) is 33.6 Å². The number of nitrogens with one attached hydrogen (secondary N) is 1. The minimum absolute atomic E-state index is 0.350. The standard InChI is InChI=1S/C12H14N2O4S/c1-18-12(17)8-6-4-2-3-5-7(6)19-11(8)14-10(16)9(13)15/h2-5H2,1H3,(H2,13,15)(H,14,16). The number of hydrogen-bond donors (Lipinski definition) is 2. The minimum Gasteiger partial charge on any atom is -0.465 e. The van der Waals surface area contributed by atoms with Crippen LogP contribution in [0, 0.1) is 0 Å². The van der Waals surface area contributed by atoms with E-state index in [0.29, 0.717) is 10.6 Å². The van der Waals surface area contributed by atoms with E-state index in [1.807, 2.05) is 0 Å². The van der Waals surface area contributed by atoms with Gasteiger partial charge in [0.05, 0.1) is 12.7 Å². The van der Waals surface area contributed by atoms with E-state index in [2.05, 4.69) is 5.32 Å². The van der Waals surface area contributed by atoms with Crippen molar-refractivity contribution < 1.29 is 19.1 Å². The van der Waals surface area contributed by atoms with Crippen LogP contribution in [0.15, 0.2) is 0 Å². The van der Waals surface area contributed by atoms with Crippen LogP contribution in [0.5, 0.6) is 0 Å². The molecule has 7 heteroatoms. The van der Waals surface area contributed by atoms with Crippen molar-refractivity contribution in [1.82, 2.24) is 0 Å². The summed E-state index contributed by atoms with van der Waals surface area (Å²) in [5.41, 5.74) is 6.18. The first kappa shape index (κ1) is 13.5. The maximum atomic E-state index is 11.8. The minimum atomic E-state index is -1.08. The highest BCUT2D eigenvalue weighted by Gasteiger charge is 2.27. The maximum Gasteiger partial charge on any atom is 0.341 e. The number of fused-ring (bicyclic) bond motifs is 1. The van der Waals surface area contributed by atoms with E-state index in [1.165, 1.54) is 18.4 Å². The van der Waals surface area contributed by atoms with Crippen molar-refractivity contribution >= 4 is 34.1 Å². The van der Waals surface area contributed by atoms with Crippen molar-refractivity contribution in [2.45, 2.75) is 25.7 Å². The van der Waals surface area contributed by atoms with Crippen LogP contribution in [0.3, 0.4) is 0 Å². The van der Waals surface area contributed by atoms with Crippen LogP contribution in [-0.4, -0.2) is 24.9 Å². The second-order valence-corrected chi connectivity index (χ2v) is 5.33. The summed E-state index contributed by atoms with van der Waals surface area (Å²) in [6, 6.07) is 0. The molecule has 19 heavy (non-hydrogen) atoms. The third-order valence-electron chi connectivity index (χ3n) is 3.01. The van der Waals surface area contributed by atoms with E-state index >= 15 is 0 Å². The molecule has 1 heterocycles. The summed E-state index contributed by atoms with van der Waals surface area (Å²) in [7, 11) is 1.29. The molecule has 1 aromatic rings. The molecule has 0 unspecified atom stereocenters. The fraction of sp³-hybridized carbons (Fsp3) is 0.417. The molecule has 0 fully saturated rings. The highest BCUT2D eigenvalue weighted by molar-refractivity contribution is 7.17. The number of ether oxygens (including phenoxy) is 1. The summed E-state index contributed by atoms with van der Waals surface area (Å²) >= 11 is 1.31. The van der Waals surface area contributed by atoms with Crippen molar-refractivity contribution in [3.8, 4) is 0 Å². The first-order chi connectivity index (χ1) is 9.04. The van der Waals surface area contributed by atoms with E-state index in [-0.39, 0.29) is 0 Å². The number of nitrogens with two attached hydrogens (primary N) is 1. The second-order valence-electron chi connectivity index (χ2n) is 4.22. The zero-order valence-corrected chi connectivity index (χ0v) is 11.3. The van der Waals surface area contributed by atoms with Gasteiger partial charge in [-0.25, -0.2) is 4.79 Å². The molecule has 2 amide bonds. The Labute approximate surface area is 113 Å². The quantitative estimate of drug-likeness (QED) is 0.620. The molecule has 1 aliphatic rings. The molecular weight excluding hydrogens is 268 g/mol. The molecule has 0 aliphatic heterocycles. The molecule has 0 aromatic carbocycles. The molecule has 6 nitrogen and oxygen atoms in total. The van der Waals surface area contributed by atoms with Crippen LogP contribution in [0.25, 0.3) is 0 Å². The number of esters is 1. The van der Waals surface area contributed by atoms with E-state index < -0.39 is 17.8 Å². The Hall–Kier alpha value is -1.89. The Bertz CT molecular complexity index is 550. The number of anilines is 1. The smallest absolute Gasteiger partial charge is 0.341 e. The van der Waals surface area contributed by atoms with Gasteiger partial charge in [-0.15, -0.1) is 11.3 Å². The Kier molecular flexibility index (Phi) is 3.84. The highest BCUT2D eigenvalue weighted by Crippen LogP contribution is 2.38. The molecule has 0 saturated carbocycles. The lowest BCUT2D eigenvalue weighted by molar-refractivity contribution is -0.134. The van der Waals surface area contributed by atoms with Gasteiger partial charge in [0.1, 0.15) is 5.00 Å². The number of thiophene rings is 1. The van der Waals surface area contributed by atoms with Gasteiger partial charge in [-0.2, -0.15) is 0 Å². The summed E-state index contributed by atoms with van der Waals surface area (Å²) in [5, 5.41) is 2.74. The molecular formula is C12H14N2O4S. The number of carbonyl (C=O) groups excluding carboxylic acids is 3. The number of aryl methyl sites for hydroxylation is 1. The van der Waals surface area contributed by atoms with Crippen molar-refractivity contribution in [2.24, 2.45) is 5.73 Å². The summed E-state index contributed by atoms with van der Waals surface area (Å²) in [6.07, 6.45) is 3.70. The summed E-state index contributed by atoms with van der Waals surface area (Å²) in [6.45, 7) is 0. The lowest BCUT2D eigenvalue weighted by atomic mass is 9.95. The number of carbonyl (C=O) groups is 3. The van der Waals surface area contributed by atoms with Crippen LogP contribution < -0.4 is 11.1 Å². The van der Waals surface area contributed by atoms with Crippen molar-refractivity contribution in [1.29, 1.82) is 0 Å². The van der Waals surface area contributed by atoms with Gasteiger partial charge in [0.25, 0.3) is 0 Å². The predicted molar refractivity (Wildman–Crippen MR) is 70.1 cm³/mol. The number of methoxy groups -OCH3 is 1. The number of hydrogen-bond acceptors (Lipinski definition) is 5. The molecule has 1 aromatic heterocycles. The fourth-order valence-electron chi connectivity index (χ4n) is 2.14. The van der Waals surface area contributed by atoms with Gasteiger partial charge in [-0.1, -0.05) is 0 Å². The molecule has 0 saturated heterocycles. The average molecular weight is 282 g/mol. The first-order valence-electron chi connectivity index (χ1n) is 5.88. The van der Waals surface area contributed by atoms with E-state index in [4.69, 9.17) is 10.5 Å². The van der Waals surface area contributed by atoms with E-state index in [9.17, 15) is 14.4 Å². The Balaban J connectivity index is 2.41. The third-order valence-corrected chi connectivity index (χ3v) is 4.22. The lowest BCUT2D eigenvalue weighted by Gasteiger charge is -2.11. The molecule has 102 valence electrons. The Morgan fingerprint density at radius 1 is 1.26 bits per heavy atom. The summed E-state index contributed by atoms with van der Waals surface area (Å²) in [5.74, 6) is -2.51. The zero-order valence-electron chi connectivity index (χ0n) is 10.4. The van der Waals surface area contributed by atoms with Gasteiger partial charge in [0.15, 0.2) is 0 Å². The van der Waals surface area contributed by atoms with Crippen LogP contribution in [0.2, 0.25) is 0 Å². The van der Waals surface area contributed by atoms with Crippen molar-refractivity contribution in [3.63, 3.8) is 0 Å². The van der Waals surface area contributed by atoms with E-state index in [0.717, 1.165) is 36.1 Å². The van der Waals surface area contributed by atoms with Crippen LogP contribution in [-0.2, 0) is 27.2 Å². The predicted octanol–water partition coefficient (Wildman–Crippen LogP) is 0.837. The summed E-state index contributed by atoms with van der Waals surface area (Å²) < 4.78 is 4.74. The zero-order chi connectivity index (χ0) is 14.0. The summed E-state index contributed by atoms with van der Waals surface area (Å²) in [4.78, 5) is 35.1. The Morgan fingerprint density at radius 3 is 2.58 bits per heavy atom. The monoisotopic (exact) mass is 282 g/mol. The molecule has 1 aliphatic carbocycles. The van der Waals surface area contributed by atoms with Gasteiger partial charge >= 0.3 is 17.8 Å². The topological polar surface area (TPSA) is 98.5 Å². The maximum absolute atomic E-state index is 11.8. The van der Waals surface area contributed by atoms with Gasteiger partial charge in [-0.3, -0.25) is 9.59 Å². The number of amides is 2. The second kappa shape index (κ2) is 5.40. The van der Waals surface area contributed by atoms with Crippen molar-refractivity contribution in [3.05, 3.63) is 16.0 Å². The Morgan fingerprint density at radius 2 is 1.95 bits per heavy atom. The first-order valence-corrected chi connectivity index (χ1v) is 6.70.